The zero-order chi connectivity index (χ0) is 24.6. The molecule has 0 saturated carbocycles. The molecular weight excluding hydrogens is 498 g/mol. The Labute approximate surface area is 218 Å². The Hall–Kier alpha value is -3.13. The number of aromatic nitrogens is 1. The first kappa shape index (κ1) is 25.0. The van der Waals surface area contributed by atoms with Crippen LogP contribution < -0.4 is 10.6 Å². The fraction of sp³-hybridized carbons (Fsp3) is 0.148. The van der Waals surface area contributed by atoms with Gasteiger partial charge in [-0.2, -0.15) is 0 Å². The topological polar surface area (TPSA) is 71.1 Å². The van der Waals surface area contributed by atoms with Gasteiger partial charge >= 0.3 is 0 Å². The van der Waals surface area contributed by atoms with Crippen molar-refractivity contribution in [3.8, 4) is 11.3 Å². The fourth-order valence-corrected chi connectivity index (χ4v) is 5.37. The van der Waals surface area contributed by atoms with Gasteiger partial charge in [-0.15, -0.1) is 23.1 Å². The minimum absolute atomic E-state index is 0.00551. The van der Waals surface area contributed by atoms with Gasteiger partial charge in [-0.3, -0.25) is 9.59 Å². The highest BCUT2D eigenvalue weighted by Crippen LogP contribution is 2.37. The van der Waals surface area contributed by atoms with Crippen LogP contribution in [0.25, 0.3) is 11.3 Å². The van der Waals surface area contributed by atoms with Crippen molar-refractivity contribution in [3.63, 3.8) is 0 Å². The third kappa shape index (κ3) is 6.72. The van der Waals surface area contributed by atoms with Crippen LogP contribution in [0.2, 0.25) is 5.02 Å². The molecule has 0 aliphatic carbocycles. The minimum Gasteiger partial charge on any atom is -0.326 e. The number of halogens is 1. The van der Waals surface area contributed by atoms with Gasteiger partial charge in [-0.25, -0.2) is 4.98 Å². The van der Waals surface area contributed by atoms with E-state index >= 15 is 0 Å². The summed E-state index contributed by atoms with van der Waals surface area (Å²) >= 11 is 9.10. The first-order valence-electron chi connectivity index (χ1n) is 11.2. The highest BCUT2D eigenvalue weighted by Gasteiger charge is 2.23. The van der Waals surface area contributed by atoms with Crippen LogP contribution in [-0.4, -0.2) is 16.8 Å². The summed E-state index contributed by atoms with van der Waals surface area (Å²) in [5.74, 6) is -0.171. The van der Waals surface area contributed by atoms with Crippen molar-refractivity contribution in [2.45, 2.75) is 29.9 Å². The van der Waals surface area contributed by atoms with E-state index in [2.05, 4.69) is 15.6 Å². The number of carbonyl (C=O) groups is 2. The van der Waals surface area contributed by atoms with Crippen molar-refractivity contribution in [2.24, 2.45) is 0 Å². The van der Waals surface area contributed by atoms with Crippen molar-refractivity contribution in [1.29, 1.82) is 0 Å². The van der Waals surface area contributed by atoms with Gasteiger partial charge in [0.25, 0.3) is 0 Å². The Balaban J connectivity index is 1.50. The molecule has 3 aromatic carbocycles. The zero-order valence-electron chi connectivity index (χ0n) is 19.0. The third-order valence-corrected chi connectivity index (χ3v) is 7.45. The van der Waals surface area contributed by atoms with E-state index in [1.807, 2.05) is 91.2 Å². The second-order valence-corrected chi connectivity index (χ2v) is 10.2. The number of carbonyl (C=O) groups excluding carboxylic acids is 2. The van der Waals surface area contributed by atoms with Crippen LogP contribution in [0.5, 0.6) is 0 Å². The lowest BCUT2D eigenvalue weighted by Crippen LogP contribution is -2.19. The highest BCUT2D eigenvalue weighted by molar-refractivity contribution is 8.00. The average Bonchev–Trinajstić information content (AvgIpc) is 3.32. The monoisotopic (exact) mass is 521 g/mol. The van der Waals surface area contributed by atoms with Crippen molar-refractivity contribution >= 4 is 57.3 Å². The second-order valence-electron chi connectivity index (χ2n) is 7.74. The molecule has 0 radical (unpaired) electrons. The first-order chi connectivity index (χ1) is 17.0. The maximum atomic E-state index is 13.4. The molecule has 0 saturated heterocycles. The molecular formula is C27H24ClN3O2S2. The van der Waals surface area contributed by atoms with Gasteiger partial charge in [0.15, 0.2) is 5.13 Å². The second kappa shape index (κ2) is 12.0. The number of anilines is 2. The summed E-state index contributed by atoms with van der Waals surface area (Å²) < 4.78 is 0. The number of nitrogens with one attached hydrogen (secondary N) is 2. The summed E-state index contributed by atoms with van der Waals surface area (Å²) in [6.07, 6.45) is 1.29. The molecule has 4 rings (SSSR count). The Bertz CT molecular complexity index is 1290. The van der Waals surface area contributed by atoms with Gasteiger partial charge in [0.1, 0.15) is 5.25 Å². The quantitative estimate of drug-likeness (QED) is 0.222. The Morgan fingerprint density at radius 1 is 0.971 bits per heavy atom. The largest absolute Gasteiger partial charge is 0.326 e. The van der Waals surface area contributed by atoms with Crippen LogP contribution >= 0.6 is 34.7 Å². The maximum absolute atomic E-state index is 13.4. The number of benzene rings is 3. The highest BCUT2D eigenvalue weighted by atomic mass is 35.5. The van der Waals surface area contributed by atoms with Crippen molar-refractivity contribution in [3.05, 3.63) is 94.8 Å². The molecule has 0 spiro atoms. The first-order valence-corrected chi connectivity index (χ1v) is 13.3. The fourth-order valence-electron chi connectivity index (χ4n) is 3.40. The molecule has 35 heavy (non-hydrogen) atoms. The smallest absolute Gasteiger partial charge is 0.244 e. The van der Waals surface area contributed by atoms with Crippen LogP contribution in [-0.2, 0) is 9.59 Å². The molecule has 0 aliphatic heterocycles. The summed E-state index contributed by atoms with van der Waals surface area (Å²) in [6.45, 7) is 1.97. The summed E-state index contributed by atoms with van der Waals surface area (Å²) in [5, 5.41) is 8.38. The molecule has 2 amide bonds. The van der Waals surface area contributed by atoms with E-state index < -0.39 is 5.25 Å². The van der Waals surface area contributed by atoms with Crippen molar-refractivity contribution in [1.82, 2.24) is 4.98 Å². The summed E-state index contributed by atoms with van der Waals surface area (Å²) in [5.41, 5.74) is 3.17. The third-order valence-electron chi connectivity index (χ3n) is 5.09. The molecule has 1 unspecified atom stereocenters. The molecule has 1 heterocycles. The lowest BCUT2D eigenvalue weighted by atomic mass is 10.1. The summed E-state index contributed by atoms with van der Waals surface area (Å²) in [6, 6.07) is 24.7. The number of hydrogen-bond acceptors (Lipinski definition) is 5. The normalized spacial score (nSPS) is 11.6. The van der Waals surface area contributed by atoms with Crippen LogP contribution in [0.1, 0.15) is 30.6 Å². The Morgan fingerprint density at radius 3 is 2.40 bits per heavy atom. The molecule has 4 aromatic rings. The molecule has 0 bridgehead atoms. The predicted molar refractivity (Wildman–Crippen MR) is 146 cm³/mol. The lowest BCUT2D eigenvalue weighted by Gasteiger charge is -2.16. The average molecular weight is 522 g/mol. The summed E-state index contributed by atoms with van der Waals surface area (Å²) in [7, 11) is 0. The van der Waals surface area contributed by atoms with Gasteiger partial charge in [0.2, 0.25) is 11.8 Å². The van der Waals surface area contributed by atoms with E-state index in [1.165, 1.54) is 23.1 Å². The van der Waals surface area contributed by atoms with E-state index in [-0.39, 0.29) is 11.8 Å². The van der Waals surface area contributed by atoms with Crippen molar-refractivity contribution < 1.29 is 9.59 Å². The number of nitrogens with zero attached hydrogens (tertiary/aromatic N) is 1. The van der Waals surface area contributed by atoms with E-state index in [0.29, 0.717) is 16.6 Å². The van der Waals surface area contributed by atoms with Gasteiger partial charge < -0.3 is 10.6 Å². The number of rotatable bonds is 9. The molecule has 0 aliphatic rings. The Morgan fingerprint density at radius 2 is 1.69 bits per heavy atom. The summed E-state index contributed by atoms with van der Waals surface area (Å²) in [4.78, 5) is 30.7. The van der Waals surface area contributed by atoms with E-state index in [0.717, 1.165) is 33.8 Å². The van der Waals surface area contributed by atoms with Crippen LogP contribution in [0.4, 0.5) is 10.8 Å². The standard InChI is InChI=1S/C27H24ClN3O2S2/c1-2-8-24(32)29-19-13-15-20(16-14-19)35-25(18-9-4-3-5-10-18)26(33)31-27-30-23(17-34-27)21-11-6-7-12-22(21)28/h3-7,9-17,25H,2,8H2,1H3,(H,29,32)(H,30,31,33). The number of thiazole rings is 1. The molecule has 8 heteroatoms. The molecule has 178 valence electrons. The SMILES string of the molecule is CCCC(=O)Nc1ccc(SC(C(=O)Nc2nc(-c3ccccc3Cl)cs2)c2ccccc2)cc1. The van der Waals surface area contributed by atoms with Gasteiger partial charge in [-0.1, -0.05) is 67.1 Å². The Kier molecular flexibility index (Phi) is 8.58. The van der Waals surface area contributed by atoms with E-state index in [9.17, 15) is 9.59 Å². The van der Waals surface area contributed by atoms with Crippen LogP contribution in [0.3, 0.4) is 0 Å². The molecule has 0 fully saturated rings. The number of thioether (sulfide) groups is 1. The van der Waals surface area contributed by atoms with E-state index in [4.69, 9.17) is 11.6 Å². The molecule has 2 N–H and O–H groups in total. The minimum atomic E-state index is -0.482. The molecule has 1 atom stereocenters. The molecule has 1 aromatic heterocycles. The van der Waals surface area contributed by atoms with E-state index in [1.54, 1.807) is 0 Å². The van der Waals surface area contributed by atoms with Gasteiger partial charge in [0.05, 0.1) is 5.69 Å². The maximum Gasteiger partial charge on any atom is 0.244 e. The van der Waals surface area contributed by atoms with Gasteiger partial charge in [0, 0.05) is 33.0 Å². The van der Waals surface area contributed by atoms with Crippen LogP contribution in [0.15, 0.2) is 89.1 Å². The van der Waals surface area contributed by atoms with Crippen molar-refractivity contribution in [2.75, 3.05) is 10.6 Å². The van der Waals surface area contributed by atoms with Gasteiger partial charge in [-0.05, 0) is 42.3 Å². The predicted octanol–water partition coefficient (Wildman–Crippen LogP) is 7.67. The zero-order valence-corrected chi connectivity index (χ0v) is 21.4. The number of amides is 2. The lowest BCUT2D eigenvalue weighted by molar-refractivity contribution is -0.116. The van der Waals surface area contributed by atoms with Crippen LogP contribution in [0, 0.1) is 0 Å². The molecule has 5 nitrogen and oxygen atoms in total. The number of hydrogen-bond donors (Lipinski definition) is 2.